The van der Waals surface area contributed by atoms with Crippen molar-refractivity contribution in [2.24, 2.45) is 0 Å². The molecule has 116 valence electrons. The van der Waals surface area contributed by atoms with Crippen molar-refractivity contribution in [1.29, 1.82) is 0 Å². The summed E-state index contributed by atoms with van der Waals surface area (Å²) in [5, 5.41) is 2.26. The van der Waals surface area contributed by atoms with Crippen LogP contribution in [0.25, 0.3) is 0 Å². The molecule has 1 saturated heterocycles. The lowest BCUT2D eigenvalue weighted by molar-refractivity contribution is -0.126. The predicted octanol–water partition coefficient (Wildman–Crippen LogP) is 1.83. The topological polar surface area (TPSA) is 66.5 Å². The van der Waals surface area contributed by atoms with Crippen molar-refractivity contribution >= 4 is 17.7 Å². The number of hydrogen-bond acceptors (Lipinski definition) is 3. The van der Waals surface area contributed by atoms with Gasteiger partial charge in [0, 0.05) is 12.1 Å². The van der Waals surface area contributed by atoms with E-state index in [0.29, 0.717) is 18.0 Å². The van der Waals surface area contributed by atoms with Crippen LogP contribution in [0.4, 0.5) is 0 Å². The number of nitrogens with one attached hydrogen (secondary N) is 1. The van der Waals surface area contributed by atoms with Gasteiger partial charge in [-0.05, 0) is 43.4 Å². The molecule has 0 aromatic heterocycles. The molecular formula is C17H20N2O3. The van der Waals surface area contributed by atoms with Crippen molar-refractivity contribution in [3.8, 4) is 0 Å². The Bertz CT molecular complexity index is 605. The maximum absolute atomic E-state index is 12.6. The largest absolute Gasteiger partial charge is 0.326 e. The van der Waals surface area contributed by atoms with E-state index in [1.54, 1.807) is 0 Å². The van der Waals surface area contributed by atoms with Crippen molar-refractivity contribution in [2.45, 2.75) is 44.6 Å². The van der Waals surface area contributed by atoms with E-state index in [1.807, 2.05) is 31.2 Å². The molecule has 1 aromatic rings. The van der Waals surface area contributed by atoms with Crippen LogP contribution >= 0.6 is 0 Å². The normalized spacial score (nSPS) is 21.4. The number of imide groups is 1. The number of carbonyl (C=O) groups is 3. The summed E-state index contributed by atoms with van der Waals surface area (Å²) < 4.78 is 0. The highest BCUT2D eigenvalue weighted by Crippen LogP contribution is 2.36. The van der Waals surface area contributed by atoms with Gasteiger partial charge in [0.15, 0.2) is 0 Å². The summed E-state index contributed by atoms with van der Waals surface area (Å²) in [6.45, 7) is 2.21. The van der Waals surface area contributed by atoms with Crippen LogP contribution in [0.1, 0.15) is 54.4 Å². The number of amides is 3. The van der Waals surface area contributed by atoms with Crippen LogP contribution in [-0.4, -0.2) is 35.2 Å². The lowest BCUT2D eigenvalue weighted by Crippen LogP contribution is -2.44. The standard InChI is InChI=1S/C17H20N2O3/c1-2-19(14-10-15(20)18-16(14)21)17(22)13-8-6-12(7-9-13)11-4-3-5-11/h6-9,11,14H,2-5,10H2,1H3,(H,18,20,21). The molecule has 2 fully saturated rings. The predicted molar refractivity (Wildman–Crippen MR) is 81.3 cm³/mol. The molecule has 1 aromatic carbocycles. The molecule has 22 heavy (non-hydrogen) atoms. The zero-order chi connectivity index (χ0) is 15.7. The zero-order valence-corrected chi connectivity index (χ0v) is 12.7. The molecule has 1 aliphatic heterocycles. The molecule has 0 radical (unpaired) electrons. The maximum atomic E-state index is 12.6. The van der Waals surface area contributed by atoms with Gasteiger partial charge in [0.25, 0.3) is 5.91 Å². The van der Waals surface area contributed by atoms with Crippen molar-refractivity contribution in [3.05, 3.63) is 35.4 Å². The maximum Gasteiger partial charge on any atom is 0.254 e. The number of hydrogen-bond donors (Lipinski definition) is 1. The van der Waals surface area contributed by atoms with E-state index in [2.05, 4.69) is 5.32 Å². The molecule has 2 aliphatic rings. The monoisotopic (exact) mass is 300 g/mol. The minimum Gasteiger partial charge on any atom is -0.326 e. The molecule has 1 heterocycles. The Morgan fingerprint density at radius 2 is 1.91 bits per heavy atom. The lowest BCUT2D eigenvalue weighted by Gasteiger charge is -2.27. The summed E-state index contributed by atoms with van der Waals surface area (Å²) >= 11 is 0. The van der Waals surface area contributed by atoms with Crippen molar-refractivity contribution < 1.29 is 14.4 Å². The highest BCUT2D eigenvalue weighted by atomic mass is 16.2. The van der Waals surface area contributed by atoms with Gasteiger partial charge in [0.05, 0.1) is 6.42 Å². The quantitative estimate of drug-likeness (QED) is 0.863. The van der Waals surface area contributed by atoms with Gasteiger partial charge in [-0.25, -0.2) is 0 Å². The van der Waals surface area contributed by atoms with E-state index in [-0.39, 0.29) is 24.1 Å². The fourth-order valence-electron chi connectivity index (χ4n) is 3.10. The van der Waals surface area contributed by atoms with Gasteiger partial charge in [-0.2, -0.15) is 0 Å². The third kappa shape index (κ3) is 2.63. The Morgan fingerprint density at radius 1 is 1.23 bits per heavy atom. The first-order valence-corrected chi connectivity index (χ1v) is 7.84. The van der Waals surface area contributed by atoms with Gasteiger partial charge >= 0.3 is 0 Å². The van der Waals surface area contributed by atoms with Crippen LogP contribution < -0.4 is 5.32 Å². The third-order valence-electron chi connectivity index (χ3n) is 4.66. The molecule has 1 aliphatic carbocycles. The van der Waals surface area contributed by atoms with Crippen LogP contribution in [0.2, 0.25) is 0 Å². The van der Waals surface area contributed by atoms with Gasteiger partial charge in [0.1, 0.15) is 6.04 Å². The fourth-order valence-corrected chi connectivity index (χ4v) is 3.10. The molecule has 1 unspecified atom stereocenters. The smallest absolute Gasteiger partial charge is 0.254 e. The van der Waals surface area contributed by atoms with Crippen LogP contribution in [0.5, 0.6) is 0 Å². The highest BCUT2D eigenvalue weighted by molar-refractivity contribution is 6.08. The number of likely N-dealkylation sites (N-methyl/N-ethyl adjacent to an activating group) is 1. The Kier molecular flexibility index (Phi) is 3.96. The Balaban J connectivity index is 1.76. The summed E-state index contributed by atoms with van der Waals surface area (Å²) in [5.74, 6) is -0.268. The lowest BCUT2D eigenvalue weighted by atomic mass is 9.80. The Labute approximate surface area is 129 Å². The van der Waals surface area contributed by atoms with Gasteiger partial charge in [-0.15, -0.1) is 0 Å². The van der Waals surface area contributed by atoms with Crippen molar-refractivity contribution in [1.82, 2.24) is 10.2 Å². The third-order valence-corrected chi connectivity index (χ3v) is 4.66. The minimum atomic E-state index is -0.684. The summed E-state index contributed by atoms with van der Waals surface area (Å²) in [6, 6.07) is 6.98. The average molecular weight is 300 g/mol. The average Bonchev–Trinajstić information content (AvgIpc) is 2.77. The van der Waals surface area contributed by atoms with Crippen LogP contribution in [0.3, 0.4) is 0 Å². The van der Waals surface area contributed by atoms with E-state index >= 15 is 0 Å². The van der Waals surface area contributed by atoms with Gasteiger partial charge in [-0.3, -0.25) is 19.7 Å². The number of benzene rings is 1. The van der Waals surface area contributed by atoms with Gasteiger partial charge in [-0.1, -0.05) is 18.6 Å². The Morgan fingerprint density at radius 3 is 2.36 bits per heavy atom. The molecule has 1 atom stereocenters. The number of rotatable bonds is 4. The molecule has 0 bridgehead atoms. The first kappa shape index (κ1) is 14.8. The molecule has 5 heteroatoms. The van der Waals surface area contributed by atoms with Crippen LogP contribution in [0.15, 0.2) is 24.3 Å². The minimum absolute atomic E-state index is 0.0541. The fraction of sp³-hybridized carbons (Fsp3) is 0.471. The first-order chi connectivity index (χ1) is 10.6. The molecule has 1 N–H and O–H groups in total. The zero-order valence-electron chi connectivity index (χ0n) is 12.7. The summed E-state index contributed by atoms with van der Waals surface area (Å²) in [7, 11) is 0. The Hall–Kier alpha value is -2.17. The molecule has 5 nitrogen and oxygen atoms in total. The van der Waals surface area contributed by atoms with E-state index in [1.165, 1.54) is 29.7 Å². The van der Waals surface area contributed by atoms with E-state index in [4.69, 9.17) is 0 Å². The SMILES string of the molecule is CCN(C(=O)c1ccc(C2CCC2)cc1)C1CC(=O)NC1=O. The number of carbonyl (C=O) groups excluding carboxylic acids is 3. The summed E-state index contributed by atoms with van der Waals surface area (Å²) in [4.78, 5) is 37.2. The summed E-state index contributed by atoms with van der Waals surface area (Å²) in [6.07, 6.45) is 3.77. The van der Waals surface area contributed by atoms with E-state index in [0.717, 1.165) is 0 Å². The molecule has 3 rings (SSSR count). The second-order valence-corrected chi connectivity index (χ2v) is 5.97. The second-order valence-electron chi connectivity index (χ2n) is 5.97. The van der Waals surface area contributed by atoms with E-state index in [9.17, 15) is 14.4 Å². The molecular weight excluding hydrogens is 280 g/mol. The van der Waals surface area contributed by atoms with Crippen LogP contribution in [-0.2, 0) is 9.59 Å². The highest BCUT2D eigenvalue weighted by Gasteiger charge is 2.37. The van der Waals surface area contributed by atoms with Crippen molar-refractivity contribution in [2.75, 3.05) is 6.54 Å². The first-order valence-electron chi connectivity index (χ1n) is 7.84. The second kappa shape index (κ2) is 5.91. The molecule has 3 amide bonds. The van der Waals surface area contributed by atoms with Crippen LogP contribution in [0, 0.1) is 0 Å². The number of nitrogens with zero attached hydrogens (tertiary/aromatic N) is 1. The van der Waals surface area contributed by atoms with Crippen molar-refractivity contribution in [3.63, 3.8) is 0 Å². The van der Waals surface area contributed by atoms with Gasteiger partial charge in [0.2, 0.25) is 11.8 Å². The molecule has 1 saturated carbocycles. The molecule has 0 spiro atoms. The van der Waals surface area contributed by atoms with E-state index < -0.39 is 6.04 Å². The van der Waals surface area contributed by atoms with Gasteiger partial charge < -0.3 is 4.90 Å². The summed E-state index contributed by atoms with van der Waals surface area (Å²) in [5.41, 5.74) is 1.84.